The van der Waals surface area contributed by atoms with Crippen molar-refractivity contribution >= 4 is 11.0 Å². The Hall–Kier alpha value is -1.39. The molecule has 0 bridgehead atoms. The van der Waals surface area contributed by atoms with E-state index >= 15 is 0 Å². The molecule has 0 radical (unpaired) electrons. The minimum atomic E-state index is -0.140. The predicted molar refractivity (Wildman–Crippen MR) is 85.6 cm³/mol. The van der Waals surface area contributed by atoms with E-state index in [-0.39, 0.29) is 12.1 Å². The molecule has 0 amide bonds. The number of rotatable bonds is 3. The molecule has 4 nitrogen and oxygen atoms in total. The number of imidazole rings is 1. The van der Waals surface area contributed by atoms with Crippen molar-refractivity contribution in [3.63, 3.8) is 0 Å². The predicted octanol–water partition coefficient (Wildman–Crippen LogP) is 2.72. The first-order chi connectivity index (χ1) is 10.1. The van der Waals surface area contributed by atoms with Gasteiger partial charge in [0, 0.05) is 11.6 Å². The Bertz CT molecular complexity index is 643. The molecule has 1 fully saturated rings. The number of likely N-dealkylation sites (N-methyl/N-ethyl adjacent to an activating group) is 1. The van der Waals surface area contributed by atoms with E-state index in [1.807, 2.05) is 13.4 Å². The Morgan fingerprint density at radius 1 is 1.38 bits per heavy atom. The minimum absolute atomic E-state index is 0.140. The summed E-state index contributed by atoms with van der Waals surface area (Å²) in [7, 11) is 1.96. The van der Waals surface area contributed by atoms with Crippen LogP contribution < -0.4 is 5.32 Å². The molecule has 1 heterocycles. The van der Waals surface area contributed by atoms with Gasteiger partial charge in [-0.25, -0.2) is 4.98 Å². The summed E-state index contributed by atoms with van der Waals surface area (Å²) in [6, 6.07) is 4.82. The molecule has 4 heteroatoms. The standard InChI is InChI=1S/C17H25N3O/c1-12-7-15-16(8-13(12)2)20(11-19-15)14-5-4-6-17(9-14,10-21)18-3/h7-8,11,14,18,21H,4-6,9-10H2,1-3H3. The van der Waals surface area contributed by atoms with Crippen LogP contribution in [0.5, 0.6) is 0 Å². The Balaban J connectivity index is 1.98. The van der Waals surface area contributed by atoms with Gasteiger partial charge in [0.15, 0.2) is 0 Å². The van der Waals surface area contributed by atoms with Crippen molar-refractivity contribution in [1.82, 2.24) is 14.9 Å². The van der Waals surface area contributed by atoms with Crippen molar-refractivity contribution in [3.8, 4) is 0 Å². The summed E-state index contributed by atoms with van der Waals surface area (Å²) in [6.07, 6.45) is 6.26. The number of benzene rings is 1. The first kappa shape index (κ1) is 14.5. The van der Waals surface area contributed by atoms with Crippen molar-refractivity contribution in [1.29, 1.82) is 0 Å². The monoisotopic (exact) mass is 287 g/mol. The number of nitrogens with one attached hydrogen (secondary N) is 1. The lowest BCUT2D eigenvalue weighted by atomic mass is 9.79. The first-order valence-corrected chi connectivity index (χ1v) is 7.82. The number of hydrogen-bond acceptors (Lipinski definition) is 3. The summed E-state index contributed by atoms with van der Waals surface area (Å²) in [6.45, 7) is 4.48. The van der Waals surface area contributed by atoms with Gasteiger partial charge in [0.05, 0.1) is 24.0 Å². The first-order valence-electron chi connectivity index (χ1n) is 7.82. The molecule has 1 aliphatic rings. The number of aliphatic hydroxyl groups is 1. The highest BCUT2D eigenvalue weighted by Gasteiger charge is 2.35. The zero-order valence-electron chi connectivity index (χ0n) is 13.2. The summed E-state index contributed by atoms with van der Waals surface area (Å²) in [5.74, 6) is 0. The van der Waals surface area contributed by atoms with E-state index in [0.29, 0.717) is 6.04 Å². The van der Waals surface area contributed by atoms with Gasteiger partial charge in [-0.15, -0.1) is 0 Å². The average molecular weight is 287 g/mol. The number of hydrogen-bond donors (Lipinski definition) is 2. The highest BCUT2D eigenvalue weighted by molar-refractivity contribution is 5.77. The molecule has 2 unspecified atom stereocenters. The van der Waals surface area contributed by atoms with Crippen LogP contribution in [0.15, 0.2) is 18.5 Å². The van der Waals surface area contributed by atoms with Crippen molar-refractivity contribution < 1.29 is 5.11 Å². The van der Waals surface area contributed by atoms with E-state index in [1.54, 1.807) is 0 Å². The molecule has 0 spiro atoms. The Kier molecular flexibility index (Phi) is 3.76. The smallest absolute Gasteiger partial charge is 0.0960 e. The zero-order chi connectivity index (χ0) is 15.0. The lowest BCUT2D eigenvalue weighted by Gasteiger charge is -2.40. The zero-order valence-corrected chi connectivity index (χ0v) is 13.2. The van der Waals surface area contributed by atoms with E-state index in [2.05, 4.69) is 40.8 Å². The van der Waals surface area contributed by atoms with E-state index in [4.69, 9.17) is 0 Å². The quantitative estimate of drug-likeness (QED) is 0.912. The fraction of sp³-hybridized carbons (Fsp3) is 0.588. The summed E-state index contributed by atoms with van der Waals surface area (Å²) >= 11 is 0. The Morgan fingerprint density at radius 3 is 2.86 bits per heavy atom. The number of aliphatic hydroxyl groups excluding tert-OH is 1. The fourth-order valence-corrected chi connectivity index (χ4v) is 3.59. The molecule has 114 valence electrons. The molecular formula is C17H25N3O. The molecule has 1 aliphatic carbocycles. The van der Waals surface area contributed by atoms with Gasteiger partial charge in [-0.3, -0.25) is 0 Å². The van der Waals surface area contributed by atoms with Gasteiger partial charge in [0.1, 0.15) is 0 Å². The molecule has 0 aliphatic heterocycles. The second-order valence-electron chi connectivity index (χ2n) is 6.52. The molecule has 0 saturated heterocycles. The number of nitrogens with zero attached hydrogens (tertiary/aromatic N) is 2. The van der Waals surface area contributed by atoms with Crippen LogP contribution in [0, 0.1) is 13.8 Å². The Labute approximate surface area is 126 Å². The van der Waals surface area contributed by atoms with Gasteiger partial charge in [-0.1, -0.05) is 0 Å². The topological polar surface area (TPSA) is 50.1 Å². The summed E-state index contributed by atoms with van der Waals surface area (Å²) in [4.78, 5) is 4.58. The largest absolute Gasteiger partial charge is 0.394 e. The summed E-state index contributed by atoms with van der Waals surface area (Å²) in [5, 5.41) is 13.1. The third-order valence-corrected chi connectivity index (χ3v) is 5.24. The lowest BCUT2D eigenvalue weighted by molar-refractivity contribution is 0.106. The molecule has 21 heavy (non-hydrogen) atoms. The van der Waals surface area contributed by atoms with Crippen molar-refractivity contribution in [2.45, 2.75) is 51.1 Å². The molecule has 1 aromatic carbocycles. The van der Waals surface area contributed by atoms with E-state index < -0.39 is 0 Å². The fourth-order valence-electron chi connectivity index (χ4n) is 3.59. The SMILES string of the molecule is CNC1(CO)CCCC(n2cnc3cc(C)c(C)cc32)C1. The van der Waals surface area contributed by atoms with Gasteiger partial charge in [-0.2, -0.15) is 0 Å². The van der Waals surface area contributed by atoms with Crippen LogP contribution >= 0.6 is 0 Å². The molecular weight excluding hydrogens is 262 g/mol. The molecule has 2 N–H and O–H groups in total. The van der Waals surface area contributed by atoms with Gasteiger partial charge >= 0.3 is 0 Å². The molecule has 1 aromatic heterocycles. The van der Waals surface area contributed by atoms with Gasteiger partial charge in [0.25, 0.3) is 0 Å². The van der Waals surface area contributed by atoms with E-state index in [1.165, 1.54) is 16.6 Å². The second-order valence-corrected chi connectivity index (χ2v) is 6.52. The maximum Gasteiger partial charge on any atom is 0.0960 e. The molecule has 3 rings (SSSR count). The average Bonchev–Trinajstić information content (AvgIpc) is 2.90. The van der Waals surface area contributed by atoms with Crippen molar-refractivity contribution in [3.05, 3.63) is 29.6 Å². The van der Waals surface area contributed by atoms with Crippen molar-refractivity contribution in [2.75, 3.05) is 13.7 Å². The third-order valence-electron chi connectivity index (χ3n) is 5.24. The third kappa shape index (κ3) is 2.47. The van der Waals surface area contributed by atoms with Gasteiger partial charge in [-0.05, 0) is 69.8 Å². The van der Waals surface area contributed by atoms with Crippen LogP contribution in [0.3, 0.4) is 0 Å². The Morgan fingerprint density at radius 2 is 2.14 bits per heavy atom. The normalized spacial score (nSPS) is 26.4. The van der Waals surface area contributed by atoms with Gasteiger partial charge < -0.3 is 15.0 Å². The minimum Gasteiger partial charge on any atom is -0.394 e. The van der Waals surface area contributed by atoms with Crippen LogP contribution in [0.25, 0.3) is 11.0 Å². The van der Waals surface area contributed by atoms with Gasteiger partial charge in [0.2, 0.25) is 0 Å². The second kappa shape index (κ2) is 5.43. The summed E-state index contributed by atoms with van der Waals surface area (Å²) < 4.78 is 2.31. The molecule has 2 aromatic rings. The number of fused-ring (bicyclic) bond motifs is 1. The molecule has 2 atom stereocenters. The highest BCUT2D eigenvalue weighted by Crippen LogP contribution is 2.36. The van der Waals surface area contributed by atoms with Crippen LogP contribution in [0.1, 0.15) is 42.9 Å². The molecule has 1 saturated carbocycles. The van der Waals surface area contributed by atoms with Crippen LogP contribution in [-0.4, -0.2) is 33.9 Å². The van der Waals surface area contributed by atoms with Crippen molar-refractivity contribution in [2.24, 2.45) is 0 Å². The number of aryl methyl sites for hydroxylation is 2. The van der Waals surface area contributed by atoms with Crippen LogP contribution in [-0.2, 0) is 0 Å². The van der Waals surface area contributed by atoms with E-state index in [0.717, 1.165) is 31.2 Å². The maximum atomic E-state index is 9.76. The van der Waals surface area contributed by atoms with Crippen LogP contribution in [0.2, 0.25) is 0 Å². The highest BCUT2D eigenvalue weighted by atomic mass is 16.3. The summed E-state index contributed by atoms with van der Waals surface area (Å²) in [5.41, 5.74) is 4.74. The lowest BCUT2D eigenvalue weighted by Crippen LogP contribution is -2.50. The van der Waals surface area contributed by atoms with Crippen LogP contribution in [0.4, 0.5) is 0 Å². The number of aromatic nitrogens is 2. The maximum absolute atomic E-state index is 9.76. The van der Waals surface area contributed by atoms with E-state index in [9.17, 15) is 5.11 Å².